The highest BCUT2D eigenvalue weighted by Gasteiger charge is 2.51. The molecule has 1 aliphatic rings. The van der Waals surface area contributed by atoms with Crippen LogP contribution in [0.15, 0.2) is 42.5 Å². The molecule has 0 aliphatic heterocycles. The second-order valence-corrected chi connectivity index (χ2v) is 7.79. The second-order valence-electron chi connectivity index (χ2n) is 7.79. The zero-order chi connectivity index (χ0) is 23.3. The van der Waals surface area contributed by atoms with Crippen LogP contribution in [-0.2, 0) is 27.5 Å². The van der Waals surface area contributed by atoms with Crippen molar-refractivity contribution in [3.63, 3.8) is 0 Å². The molecule has 2 aromatic carbocycles. The Morgan fingerprint density at radius 1 is 1.09 bits per heavy atom. The summed E-state index contributed by atoms with van der Waals surface area (Å²) in [4.78, 5) is 12.9. The fraction of sp³-hybridized carbons (Fsp3) is 0.435. The third-order valence-corrected chi connectivity index (χ3v) is 5.50. The molecule has 0 spiro atoms. The maximum Gasteiger partial charge on any atom is 0.252 e. The Bertz CT molecular complexity index is 923. The number of benzene rings is 2. The zero-order valence-corrected chi connectivity index (χ0v) is 17.6. The van der Waals surface area contributed by atoms with E-state index in [1.807, 2.05) is 0 Å². The molecule has 9 heteroatoms. The molecule has 1 unspecified atom stereocenters. The summed E-state index contributed by atoms with van der Waals surface area (Å²) in [5.74, 6) is -2.63. The van der Waals surface area contributed by atoms with Gasteiger partial charge in [0, 0.05) is 24.9 Å². The molecule has 1 fully saturated rings. The van der Waals surface area contributed by atoms with Gasteiger partial charge in [-0.3, -0.25) is 4.79 Å². The predicted molar refractivity (Wildman–Crippen MR) is 109 cm³/mol. The number of hydrogen-bond acceptors (Lipinski definition) is 5. The van der Waals surface area contributed by atoms with Gasteiger partial charge in [-0.25, -0.2) is 13.2 Å². The Kier molecular flexibility index (Phi) is 7.89. The average Bonchev–Trinajstić information content (AvgIpc) is 2.75. The molecule has 0 bridgehead atoms. The molecular formula is C23H26F3NO5. The number of hydrogen-bond donors (Lipinski definition) is 3. The fourth-order valence-electron chi connectivity index (χ4n) is 3.79. The van der Waals surface area contributed by atoms with Gasteiger partial charge in [-0.1, -0.05) is 18.2 Å². The van der Waals surface area contributed by atoms with E-state index in [0.29, 0.717) is 5.56 Å². The molecular weight excluding hydrogens is 427 g/mol. The number of amides is 1. The van der Waals surface area contributed by atoms with E-state index in [1.54, 1.807) is 13.0 Å². The van der Waals surface area contributed by atoms with Gasteiger partial charge < -0.3 is 25.0 Å². The summed E-state index contributed by atoms with van der Waals surface area (Å²) < 4.78 is 52.9. The number of nitrogens with one attached hydrogen (secondary N) is 1. The van der Waals surface area contributed by atoms with Gasteiger partial charge in [0.25, 0.3) is 5.91 Å². The van der Waals surface area contributed by atoms with Crippen LogP contribution in [0.3, 0.4) is 0 Å². The van der Waals surface area contributed by atoms with E-state index in [4.69, 9.17) is 9.47 Å². The van der Waals surface area contributed by atoms with Crippen molar-refractivity contribution in [1.29, 1.82) is 0 Å². The minimum absolute atomic E-state index is 0.133. The van der Waals surface area contributed by atoms with E-state index in [0.717, 1.165) is 12.1 Å². The van der Waals surface area contributed by atoms with Crippen molar-refractivity contribution in [2.75, 3.05) is 6.54 Å². The quantitative estimate of drug-likeness (QED) is 0.572. The molecule has 1 amide bonds. The lowest BCUT2D eigenvalue weighted by Crippen LogP contribution is -2.60. The van der Waals surface area contributed by atoms with Crippen molar-refractivity contribution >= 4 is 5.91 Å². The molecule has 3 N–H and O–H groups in total. The lowest BCUT2D eigenvalue weighted by molar-refractivity contribution is -0.200. The van der Waals surface area contributed by atoms with Crippen LogP contribution in [0.5, 0.6) is 0 Å². The van der Waals surface area contributed by atoms with Gasteiger partial charge in [0.1, 0.15) is 23.6 Å². The minimum atomic E-state index is -1.60. The van der Waals surface area contributed by atoms with E-state index in [-0.39, 0.29) is 31.6 Å². The molecule has 0 radical (unpaired) electrons. The lowest BCUT2D eigenvalue weighted by Gasteiger charge is -2.43. The van der Waals surface area contributed by atoms with E-state index in [1.165, 1.54) is 24.3 Å². The summed E-state index contributed by atoms with van der Waals surface area (Å²) in [6.07, 6.45) is -4.35. The summed E-state index contributed by atoms with van der Waals surface area (Å²) in [5.41, 5.74) is -1.45. The molecule has 6 nitrogen and oxygen atoms in total. The largest absolute Gasteiger partial charge is 0.390 e. The molecule has 174 valence electrons. The summed E-state index contributed by atoms with van der Waals surface area (Å²) in [7, 11) is 0. The highest BCUT2D eigenvalue weighted by Crippen LogP contribution is 2.36. The molecule has 4 atom stereocenters. The minimum Gasteiger partial charge on any atom is -0.390 e. The van der Waals surface area contributed by atoms with Crippen LogP contribution in [0.2, 0.25) is 0 Å². The van der Waals surface area contributed by atoms with Crippen molar-refractivity contribution in [3.05, 3.63) is 71.0 Å². The van der Waals surface area contributed by atoms with Crippen LogP contribution in [0.25, 0.3) is 0 Å². The first-order valence-electron chi connectivity index (χ1n) is 10.3. The topological polar surface area (TPSA) is 88.0 Å². The number of ether oxygens (including phenoxy) is 2. The van der Waals surface area contributed by atoms with Crippen molar-refractivity contribution in [1.82, 2.24) is 5.32 Å². The third-order valence-electron chi connectivity index (χ3n) is 5.50. The summed E-state index contributed by atoms with van der Waals surface area (Å²) in [6.45, 7) is 1.35. The number of carbonyl (C=O) groups excluding carboxylic acids is 1. The SMILES string of the molecule is CCNC(=O)[C@@]1(OCc2cccc(F)c2)CC(OCc2c(F)cccc2F)[C@H](O)[C@H](O)C1. The molecule has 0 aromatic heterocycles. The van der Waals surface area contributed by atoms with Gasteiger partial charge >= 0.3 is 0 Å². The Balaban J connectivity index is 1.81. The molecule has 3 rings (SSSR count). The number of halogens is 3. The second kappa shape index (κ2) is 10.4. The van der Waals surface area contributed by atoms with Gasteiger partial charge in [0.15, 0.2) is 5.60 Å². The molecule has 0 heterocycles. The summed E-state index contributed by atoms with van der Waals surface area (Å²) in [5, 5.41) is 23.5. The monoisotopic (exact) mass is 453 g/mol. The third kappa shape index (κ3) is 5.47. The first kappa shape index (κ1) is 24.2. The Morgan fingerprint density at radius 2 is 1.78 bits per heavy atom. The zero-order valence-electron chi connectivity index (χ0n) is 17.6. The highest BCUT2D eigenvalue weighted by molar-refractivity contribution is 5.85. The Hall–Kier alpha value is -2.46. The molecule has 1 aliphatic carbocycles. The normalized spacial score (nSPS) is 25.5. The van der Waals surface area contributed by atoms with Gasteiger partial charge in [0.05, 0.1) is 25.4 Å². The number of likely N-dealkylation sites (N-methyl/N-ethyl adjacent to an activating group) is 1. The molecule has 32 heavy (non-hydrogen) atoms. The Labute approximate surface area is 184 Å². The van der Waals surface area contributed by atoms with E-state index >= 15 is 0 Å². The van der Waals surface area contributed by atoms with Gasteiger partial charge in [-0.2, -0.15) is 0 Å². The van der Waals surface area contributed by atoms with Crippen LogP contribution in [0.4, 0.5) is 13.2 Å². The molecule has 2 aromatic rings. The van der Waals surface area contributed by atoms with Gasteiger partial charge in [-0.15, -0.1) is 0 Å². The fourth-order valence-corrected chi connectivity index (χ4v) is 3.79. The van der Waals surface area contributed by atoms with Crippen molar-refractivity contribution in [2.45, 2.75) is 56.9 Å². The maximum absolute atomic E-state index is 13.9. The van der Waals surface area contributed by atoms with E-state index in [9.17, 15) is 28.2 Å². The maximum atomic E-state index is 13.9. The van der Waals surface area contributed by atoms with E-state index in [2.05, 4.69) is 5.32 Å². The summed E-state index contributed by atoms with van der Waals surface area (Å²) in [6, 6.07) is 9.03. The number of carbonyl (C=O) groups is 1. The number of aliphatic hydroxyl groups excluding tert-OH is 2. The average molecular weight is 453 g/mol. The lowest BCUT2D eigenvalue weighted by atomic mass is 9.78. The van der Waals surface area contributed by atoms with Crippen LogP contribution >= 0.6 is 0 Å². The highest BCUT2D eigenvalue weighted by atomic mass is 19.1. The first-order chi connectivity index (χ1) is 15.3. The first-order valence-corrected chi connectivity index (χ1v) is 10.3. The Morgan fingerprint density at radius 3 is 2.44 bits per heavy atom. The van der Waals surface area contributed by atoms with Gasteiger partial charge in [-0.05, 0) is 36.8 Å². The van der Waals surface area contributed by atoms with Crippen molar-refractivity contribution in [3.8, 4) is 0 Å². The van der Waals surface area contributed by atoms with Crippen molar-refractivity contribution in [2.24, 2.45) is 0 Å². The number of aliphatic hydroxyl groups is 2. The molecule has 0 saturated heterocycles. The summed E-state index contributed by atoms with van der Waals surface area (Å²) >= 11 is 0. The van der Waals surface area contributed by atoms with Crippen LogP contribution < -0.4 is 5.32 Å². The van der Waals surface area contributed by atoms with E-state index < -0.39 is 53.9 Å². The standard InChI is InChI=1S/C23H26F3NO5/c1-2-27-22(30)23(32-12-14-5-3-6-15(24)9-14)10-19(28)21(29)20(11-23)31-13-16-17(25)7-4-8-18(16)26/h3-9,19-21,28-29H,2,10-13H2,1H3,(H,27,30)/t19-,20?,21-,23+/m1/s1. The van der Waals surface area contributed by atoms with Crippen LogP contribution in [-0.4, -0.2) is 46.6 Å². The van der Waals surface area contributed by atoms with Crippen molar-refractivity contribution < 1.29 is 37.7 Å². The van der Waals surface area contributed by atoms with Crippen LogP contribution in [0.1, 0.15) is 30.9 Å². The van der Waals surface area contributed by atoms with Gasteiger partial charge in [0.2, 0.25) is 0 Å². The predicted octanol–water partition coefficient (Wildman–Crippen LogP) is 2.60. The molecule has 1 saturated carbocycles. The smallest absolute Gasteiger partial charge is 0.252 e. The van der Waals surface area contributed by atoms with Crippen LogP contribution in [0, 0.1) is 17.5 Å². The number of rotatable bonds is 8.